The van der Waals surface area contributed by atoms with Crippen LogP contribution in [0.4, 0.5) is 10.5 Å². The molecular weight excluding hydrogens is 382 g/mol. The van der Waals surface area contributed by atoms with Crippen LogP contribution in [0.3, 0.4) is 0 Å². The molecule has 2 aromatic rings. The van der Waals surface area contributed by atoms with Gasteiger partial charge in [-0.25, -0.2) is 4.79 Å². The maximum Gasteiger partial charge on any atom is 0.322 e. The lowest BCUT2D eigenvalue weighted by Gasteiger charge is -2.26. The molecule has 158 valence electrons. The molecule has 8 nitrogen and oxygen atoms in total. The average Bonchev–Trinajstić information content (AvgIpc) is 3.22. The van der Waals surface area contributed by atoms with Crippen LogP contribution < -0.4 is 10.6 Å². The van der Waals surface area contributed by atoms with E-state index in [2.05, 4.69) is 20.5 Å². The molecule has 0 bridgehead atoms. The number of anilines is 1. The second-order valence-corrected chi connectivity index (χ2v) is 7.54. The SMILES string of the molecule is O=C(NCCCN1CCOCC1)c1ccc(NC(=O)N2Cc3cccnc3C2)cc1. The number of aromatic nitrogens is 1. The third-order valence-electron chi connectivity index (χ3n) is 5.41. The molecule has 1 aromatic carbocycles. The van der Waals surface area contributed by atoms with E-state index in [-0.39, 0.29) is 11.9 Å². The summed E-state index contributed by atoms with van der Waals surface area (Å²) < 4.78 is 5.34. The van der Waals surface area contributed by atoms with Crippen LogP contribution in [0.15, 0.2) is 42.6 Å². The number of carbonyl (C=O) groups is 2. The van der Waals surface area contributed by atoms with Crippen LogP contribution in [0.5, 0.6) is 0 Å². The maximum absolute atomic E-state index is 12.5. The van der Waals surface area contributed by atoms with Crippen molar-refractivity contribution in [3.63, 3.8) is 0 Å². The number of morpholine rings is 1. The lowest BCUT2D eigenvalue weighted by atomic mass is 10.2. The number of hydrogen-bond acceptors (Lipinski definition) is 5. The van der Waals surface area contributed by atoms with Crippen LogP contribution in [-0.4, -0.2) is 66.1 Å². The molecule has 0 unspecified atom stereocenters. The van der Waals surface area contributed by atoms with Crippen molar-refractivity contribution in [2.75, 3.05) is 44.7 Å². The molecule has 1 saturated heterocycles. The molecule has 8 heteroatoms. The fourth-order valence-corrected chi connectivity index (χ4v) is 3.68. The molecule has 30 heavy (non-hydrogen) atoms. The number of amides is 3. The van der Waals surface area contributed by atoms with E-state index >= 15 is 0 Å². The molecular formula is C22H27N5O3. The monoisotopic (exact) mass is 409 g/mol. The van der Waals surface area contributed by atoms with Gasteiger partial charge in [0, 0.05) is 43.6 Å². The zero-order chi connectivity index (χ0) is 20.8. The number of fused-ring (bicyclic) bond motifs is 1. The topological polar surface area (TPSA) is 86.8 Å². The largest absolute Gasteiger partial charge is 0.379 e. The number of urea groups is 1. The first-order chi connectivity index (χ1) is 14.7. The Morgan fingerprint density at radius 1 is 1.07 bits per heavy atom. The normalized spacial score (nSPS) is 16.2. The Labute approximate surface area is 176 Å². The summed E-state index contributed by atoms with van der Waals surface area (Å²) in [5.41, 5.74) is 3.26. The van der Waals surface area contributed by atoms with Gasteiger partial charge in [0.15, 0.2) is 0 Å². The fraction of sp³-hybridized carbons (Fsp3) is 0.409. The molecule has 0 aliphatic carbocycles. The van der Waals surface area contributed by atoms with Crippen molar-refractivity contribution in [1.29, 1.82) is 0 Å². The van der Waals surface area contributed by atoms with E-state index in [0.717, 1.165) is 50.5 Å². The van der Waals surface area contributed by atoms with E-state index < -0.39 is 0 Å². The molecule has 3 heterocycles. The van der Waals surface area contributed by atoms with Crippen LogP contribution in [0.2, 0.25) is 0 Å². The van der Waals surface area contributed by atoms with Gasteiger partial charge in [-0.1, -0.05) is 6.07 Å². The Morgan fingerprint density at radius 3 is 2.63 bits per heavy atom. The van der Waals surface area contributed by atoms with Crippen LogP contribution in [0.1, 0.15) is 28.0 Å². The predicted octanol–water partition coefficient (Wildman–Crippen LogP) is 2.08. The molecule has 0 spiro atoms. The molecule has 0 saturated carbocycles. The highest BCUT2D eigenvalue weighted by Crippen LogP contribution is 2.21. The second kappa shape index (κ2) is 9.69. The molecule has 2 N–H and O–H groups in total. The summed E-state index contributed by atoms with van der Waals surface area (Å²) in [6.07, 6.45) is 2.65. The van der Waals surface area contributed by atoms with Gasteiger partial charge in [-0.15, -0.1) is 0 Å². The van der Waals surface area contributed by atoms with Gasteiger partial charge < -0.3 is 20.3 Å². The minimum absolute atomic E-state index is 0.101. The molecule has 1 fully saturated rings. The van der Waals surface area contributed by atoms with Gasteiger partial charge in [0.05, 0.1) is 25.5 Å². The van der Waals surface area contributed by atoms with Crippen molar-refractivity contribution in [3.05, 3.63) is 59.4 Å². The number of pyridine rings is 1. The van der Waals surface area contributed by atoms with Crippen LogP contribution in [0, 0.1) is 0 Å². The first kappa shape index (κ1) is 20.3. The molecule has 2 aliphatic rings. The summed E-state index contributed by atoms with van der Waals surface area (Å²) in [7, 11) is 0. The molecule has 0 radical (unpaired) electrons. The quantitative estimate of drug-likeness (QED) is 0.714. The number of benzene rings is 1. The summed E-state index contributed by atoms with van der Waals surface area (Å²) in [6, 6.07) is 10.7. The summed E-state index contributed by atoms with van der Waals surface area (Å²) >= 11 is 0. The third kappa shape index (κ3) is 5.14. The zero-order valence-corrected chi connectivity index (χ0v) is 17.0. The van der Waals surface area contributed by atoms with Crippen molar-refractivity contribution < 1.29 is 14.3 Å². The number of rotatable bonds is 6. The number of ether oxygens (including phenoxy) is 1. The lowest BCUT2D eigenvalue weighted by molar-refractivity contribution is 0.0374. The Balaban J connectivity index is 1.21. The number of nitrogens with zero attached hydrogens (tertiary/aromatic N) is 3. The van der Waals surface area contributed by atoms with Gasteiger partial charge in [-0.05, 0) is 48.9 Å². The smallest absolute Gasteiger partial charge is 0.322 e. The Kier molecular flexibility index (Phi) is 6.56. The van der Waals surface area contributed by atoms with Gasteiger partial charge >= 0.3 is 6.03 Å². The Hall–Kier alpha value is -2.97. The van der Waals surface area contributed by atoms with Gasteiger partial charge in [0.25, 0.3) is 5.91 Å². The van der Waals surface area contributed by atoms with Crippen molar-refractivity contribution in [1.82, 2.24) is 20.1 Å². The van der Waals surface area contributed by atoms with E-state index in [0.29, 0.717) is 30.9 Å². The zero-order valence-electron chi connectivity index (χ0n) is 17.0. The van der Waals surface area contributed by atoms with Crippen molar-refractivity contribution in [3.8, 4) is 0 Å². The van der Waals surface area contributed by atoms with Gasteiger partial charge in [-0.3, -0.25) is 14.7 Å². The fourth-order valence-electron chi connectivity index (χ4n) is 3.68. The molecule has 0 atom stereocenters. The minimum atomic E-state index is -0.173. The molecule has 1 aromatic heterocycles. The molecule has 4 rings (SSSR count). The summed E-state index contributed by atoms with van der Waals surface area (Å²) in [5.74, 6) is -0.101. The number of nitrogens with one attached hydrogen (secondary N) is 2. The average molecular weight is 409 g/mol. The van der Waals surface area contributed by atoms with Gasteiger partial charge in [0.2, 0.25) is 0 Å². The van der Waals surface area contributed by atoms with E-state index in [1.807, 2.05) is 12.1 Å². The third-order valence-corrected chi connectivity index (χ3v) is 5.41. The summed E-state index contributed by atoms with van der Waals surface area (Å²) in [4.78, 5) is 33.2. The van der Waals surface area contributed by atoms with E-state index in [9.17, 15) is 9.59 Å². The summed E-state index contributed by atoms with van der Waals surface area (Å²) in [6.45, 7) is 6.16. The van der Waals surface area contributed by atoms with Crippen LogP contribution >= 0.6 is 0 Å². The molecule has 3 amide bonds. The van der Waals surface area contributed by atoms with Gasteiger partial charge in [-0.2, -0.15) is 0 Å². The number of hydrogen-bond donors (Lipinski definition) is 2. The highest BCUT2D eigenvalue weighted by Gasteiger charge is 2.24. The first-order valence-electron chi connectivity index (χ1n) is 10.4. The highest BCUT2D eigenvalue weighted by atomic mass is 16.5. The van der Waals surface area contributed by atoms with E-state index in [1.165, 1.54) is 0 Å². The van der Waals surface area contributed by atoms with Crippen LogP contribution in [0.25, 0.3) is 0 Å². The minimum Gasteiger partial charge on any atom is -0.379 e. The van der Waals surface area contributed by atoms with Crippen LogP contribution in [-0.2, 0) is 17.8 Å². The van der Waals surface area contributed by atoms with Crippen molar-refractivity contribution in [2.45, 2.75) is 19.5 Å². The van der Waals surface area contributed by atoms with Crippen molar-refractivity contribution in [2.24, 2.45) is 0 Å². The highest BCUT2D eigenvalue weighted by molar-refractivity contribution is 5.95. The molecule has 2 aliphatic heterocycles. The Morgan fingerprint density at radius 2 is 1.87 bits per heavy atom. The predicted molar refractivity (Wildman–Crippen MR) is 113 cm³/mol. The number of carbonyl (C=O) groups excluding carboxylic acids is 2. The summed E-state index contributed by atoms with van der Waals surface area (Å²) in [5, 5.41) is 5.84. The standard InChI is InChI=1S/C22H27N5O3/c28-21(24-9-2-10-26-11-13-30-14-12-26)17-4-6-19(7-5-17)25-22(29)27-15-18-3-1-8-23-20(18)16-27/h1,3-8H,2,9-16H2,(H,24,28)(H,25,29). The Bertz CT molecular complexity index is 856. The lowest BCUT2D eigenvalue weighted by Crippen LogP contribution is -2.38. The first-order valence-corrected chi connectivity index (χ1v) is 10.4. The van der Waals surface area contributed by atoms with E-state index in [1.54, 1.807) is 35.4 Å². The van der Waals surface area contributed by atoms with Gasteiger partial charge in [0.1, 0.15) is 0 Å². The van der Waals surface area contributed by atoms with E-state index in [4.69, 9.17) is 4.74 Å². The second-order valence-electron chi connectivity index (χ2n) is 7.54. The maximum atomic E-state index is 12.5. The van der Waals surface area contributed by atoms with Crippen molar-refractivity contribution >= 4 is 17.6 Å².